The molecular formula is C4H8FNO2. The summed E-state index contributed by atoms with van der Waals surface area (Å²) in [5.74, 6) is -1.51. The summed E-state index contributed by atoms with van der Waals surface area (Å²) in [5, 5.41) is 7.99. The summed E-state index contributed by atoms with van der Waals surface area (Å²) in [7, 11) is 0. The number of carboxylic acid groups (broad SMARTS) is 1. The van der Waals surface area contributed by atoms with Gasteiger partial charge in [0.05, 0.1) is 0 Å². The van der Waals surface area contributed by atoms with Gasteiger partial charge in [-0.1, -0.05) is 0 Å². The minimum Gasteiger partial charge on any atom is -0.479 e. The van der Waals surface area contributed by atoms with Crippen LogP contribution in [0.2, 0.25) is 0 Å². The van der Waals surface area contributed by atoms with E-state index in [1.165, 1.54) is 0 Å². The molecule has 1 atom stereocenters. The topological polar surface area (TPSA) is 63.3 Å². The van der Waals surface area contributed by atoms with E-state index in [4.69, 9.17) is 10.8 Å². The van der Waals surface area contributed by atoms with Crippen molar-refractivity contribution in [3.63, 3.8) is 0 Å². The molecule has 0 aromatic carbocycles. The summed E-state index contributed by atoms with van der Waals surface area (Å²) in [4.78, 5) is 9.80. The number of nitrogens with two attached hydrogens (primary N) is 1. The van der Waals surface area contributed by atoms with E-state index >= 15 is 0 Å². The Morgan fingerprint density at radius 2 is 2.38 bits per heavy atom. The van der Waals surface area contributed by atoms with Gasteiger partial charge in [0.15, 0.2) is 0 Å². The first-order chi connectivity index (χ1) is 3.50. The van der Waals surface area contributed by atoms with Gasteiger partial charge in [0.25, 0.3) is 0 Å². The average molecular weight is 121 g/mol. The van der Waals surface area contributed by atoms with Gasteiger partial charge in [-0.05, 0) is 6.92 Å². The molecule has 0 aromatic heterocycles. The predicted octanol–water partition coefficient (Wildman–Crippen LogP) is -0.242. The average Bonchev–Trinajstić information content (AvgIpc) is 1.67. The van der Waals surface area contributed by atoms with Gasteiger partial charge in [-0.2, -0.15) is 0 Å². The van der Waals surface area contributed by atoms with E-state index in [9.17, 15) is 9.18 Å². The molecule has 0 amide bonds. The van der Waals surface area contributed by atoms with Crippen LogP contribution in [-0.4, -0.2) is 23.3 Å². The Kier molecular flexibility index (Phi) is 1.92. The van der Waals surface area contributed by atoms with Crippen LogP contribution >= 0.6 is 0 Å². The molecule has 0 fully saturated rings. The van der Waals surface area contributed by atoms with Crippen molar-refractivity contribution >= 4 is 5.97 Å². The van der Waals surface area contributed by atoms with Gasteiger partial charge in [-0.15, -0.1) is 0 Å². The van der Waals surface area contributed by atoms with Gasteiger partial charge < -0.3 is 10.8 Å². The minimum absolute atomic E-state index is 0.484. The number of alkyl halides is 1. The molecule has 0 bridgehead atoms. The van der Waals surface area contributed by atoms with Crippen LogP contribution in [0.3, 0.4) is 0 Å². The molecule has 8 heavy (non-hydrogen) atoms. The van der Waals surface area contributed by atoms with Crippen LogP contribution in [0.15, 0.2) is 0 Å². The molecule has 0 spiro atoms. The van der Waals surface area contributed by atoms with E-state index in [-0.39, 0.29) is 0 Å². The molecule has 4 heteroatoms. The summed E-state index contributed by atoms with van der Waals surface area (Å²) in [6.45, 7) is 0.442. The molecule has 0 aliphatic carbocycles. The van der Waals surface area contributed by atoms with Crippen LogP contribution in [0, 0.1) is 0 Å². The molecular weight excluding hydrogens is 113 g/mol. The highest BCUT2D eigenvalue weighted by Gasteiger charge is 2.30. The largest absolute Gasteiger partial charge is 0.479 e. The molecule has 0 radical (unpaired) electrons. The fourth-order valence-corrected chi connectivity index (χ4v) is 0.0873. The molecule has 0 aromatic rings. The fourth-order valence-electron chi connectivity index (χ4n) is 0.0873. The SMILES string of the molecule is C[C@](F)(CN)C(=O)O. The third kappa shape index (κ3) is 1.46. The zero-order chi connectivity index (χ0) is 6.78. The maximum atomic E-state index is 12.2. The quantitative estimate of drug-likeness (QED) is 0.529. The Balaban J connectivity index is 3.91. The lowest BCUT2D eigenvalue weighted by Gasteiger charge is -2.09. The van der Waals surface area contributed by atoms with Gasteiger partial charge in [-0.25, -0.2) is 9.18 Å². The minimum atomic E-state index is -2.26. The number of carboxylic acids is 1. The maximum Gasteiger partial charge on any atom is 0.342 e. The molecule has 48 valence electrons. The monoisotopic (exact) mass is 121 g/mol. The van der Waals surface area contributed by atoms with E-state index in [1.807, 2.05) is 0 Å². The van der Waals surface area contributed by atoms with Crippen molar-refractivity contribution in [2.24, 2.45) is 5.73 Å². The Labute approximate surface area is 46.3 Å². The summed E-state index contributed by atoms with van der Waals surface area (Å²) in [6, 6.07) is 0. The van der Waals surface area contributed by atoms with E-state index in [1.54, 1.807) is 0 Å². The van der Waals surface area contributed by atoms with Crippen LogP contribution in [0.1, 0.15) is 6.92 Å². The van der Waals surface area contributed by atoms with Crippen molar-refractivity contribution in [2.45, 2.75) is 12.6 Å². The van der Waals surface area contributed by atoms with E-state index in [0.717, 1.165) is 6.92 Å². The van der Waals surface area contributed by atoms with Crippen LogP contribution < -0.4 is 5.73 Å². The number of rotatable bonds is 2. The molecule has 3 N–H and O–H groups in total. The van der Waals surface area contributed by atoms with E-state index < -0.39 is 18.2 Å². The number of carbonyl (C=O) groups is 1. The summed E-state index contributed by atoms with van der Waals surface area (Å²) < 4.78 is 12.2. The zero-order valence-corrected chi connectivity index (χ0v) is 4.52. The first-order valence-corrected chi connectivity index (χ1v) is 2.13. The first kappa shape index (κ1) is 7.36. The Morgan fingerprint density at radius 1 is 2.00 bits per heavy atom. The Bertz CT molecular complexity index is 102. The molecule has 0 unspecified atom stereocenters. The van der Waals surface area contributed by atoms with Gasteiger partial charge in [-0.3, -0.25) is 0 Å². The maximum absolute atomic E-state index is 12.2. The summed E-state index contributed by atoms with van der Waals surface area (Å²) >= 11 is 0. The Morgan fingerprint density at radius 3 is 2.38 bits per heavy atom. The van der Waals surface area contributed by atoms with Crippen molar-refractivity contribution in [2.75, 3.05) is 6.54 Å². The van der Waals surface area contributed by atoms with Crippen molar-refractivity contribution < 1.29 is 14.3 Å². The third-order valence-corrected chi connectivity index (χ3v) is 0.829. The highest BCUT2D eigenvalue weighted by Crippen LogP contribution is 2.05. The zero-order valence-electron chi connectivity index (χ0n) is 4.52. The summed E-state index contributed by atoms with van der Waals surface area (Å²) in [6.07, 6.45) is 0. The standard InChI is InChI=1S/C4H8FNO2/c1-4(5,2-6)3(7)8/h2,6H2,1H3,(H,7,8)/t4-/m0/s1. The second-order valence-electron chi connectivity index (χ2n) is 1.71. The van der Waals surface area contributed by atoms with Crippen LogP contribution in [0.25, 0.3) is 0 Å². The lowest BCUT2D eigenvalue weighted by atomic mass is 10.1. The van der Waals surface area contributed by atoms with Crippen molar-refractivity contribution in [1.82, 2.24) is 0 Å². The molecule has 0 heterocycles. The number of aliphatic carboxylic acids is 1. The van der Waals surface area contributed by atoms with Gasteiger partial charge in [0.1, 0.15) is 0 Å². The molecule has 0 aliphatic heterocycles. The van der Waals surface area contributed by atoms with Gasteiger partial charge in [0, 0.05) is 6.54 Å². The van der Waals surface area contributed by atoms with Crippen molar-refractivity contribution in [3.05, 3.63) is 0 Å². The summed E-state index contributed by atoms with van der Waals surface area (Å²) in [5.41, 5.74) is 2.49. The molecule has 0 aliphatic rings. The fraction of sp³-hybridized carbons (Fsp3) is 0.750. The lowest BCUT2D eigenvalue weighted by molar-refractivity contribution is -0.148. The Hall–Kier alpha value is -0.640. The molecule has 0 saturated carbocycles. The second-order valence-corrected chi connectivity index (χ2v) is 1.71. The number of halogens is 1. The molecule has 0 saturated heterocycles. The van der Waals surface area contributed by atoms with E-state index in [2.05, 4.69) is 0 Å². The van der Waals surface area contributed by atoms with Crippen LogP contribution in [0.5, 0.6) is 0 Å². The van der Waals surface area contributed by atoms with Crippen molar-refractivity contribution in [1.29, 1.82) is 0 Å². The smallest absolute Gasteiger partial charge is 0.342 e. The van der Waals surface area contributed by atoms with E-state index in [0.29, 0.717) is 0 Å². The number of hydrogen-bond acceptors (Lipinski definition) is 2. The third-order valence-electron chi connectivity index (χ3n) is 0.829. The van der Waals surface area contributed by atoms with Gasteiger partial charge in [0.2, 0.25) is 5.67 Å². The van der Waals surface area contributed by atoms with Gasteiger partial charge >= 0.3 is 5.97 Å². The molecule has 3 nitrogen and oxygen atoms in total. The van der Waals surface area contributed by atoms with Crippen LogP contribution in [0.4, 0.5) is 4.39 Å². The number of hydrogen-bond donors (Lipinski definition) is 2. The highest BCUT2D eigenvalue weighted by atomic mass is 19.1. The lowest BCUT2D eigenvalue weighted by Crippen LogP contribution is -2.37. The van der Waals surface area contributed by atoms with Crippen LogP contribution in [-0.2, 0) is 4.79 Å². The second kappa shape index (κ2) is 2.09. The highest BCUT2D eigenvalue weighted by molar-refractivity contribution is 5.76. The first-order valence-electron chi connectivity index (χ1n) is 2.13. The predicted molar refractivity (Wildman–Crippen MR) is 26.2 cm³/mol. The van der Waals surface area contributed by atoms with Crippen molar-refractivity contribution in [3.8, 4) is 0 Å². The molecule has 0 rings (SSSR count). The normalized spacial score (nSPS) is 17.4.